The molecule has 0 aliphatic carbocycles. The quantitative estimate of drug-likeness (QED) is 0.554. The van der Waals surface area contributed by atoms with E-state index in [0.717, 1.165) is 17.7 Å². The Balaban J connectivity index is 2.46. The summed E-state index contributed by atoms with van der Waals surface area (Å²) < 4.78 is 32.5. The second-order valence-electron chi connectivity index (χ2n) is 4.37. The maximum absolute atomic E-state index is 13.9. The minimum Gasteiger partial charge on any atom is -0.497 e. The number of aryl methyl sites for hydroxylation is 1. The number of hydrogen-bond donors (Lipinski definition) is 0. The fourth-order valence-electron chi connectivity index (χ4n) is 1.96. The van der Waals surface area contributed by atoms with Crippen molar-refractivity contribution in [2.45, 2.75) is 12.3 Å². The summed E-state index contributed by atoms with van der Waals surface area (Å²) in [5, 5.41) is -1.06. The predicted octanol–water partition coefficient (Wildman–Crippen LogP) is 5.26. The molecule has 0 amide bonds. The molecule has 2 aromatic rings. The second-order valence-corrected chi connectivity index (χ2v) is 5.22. The highest BCUT2D eigenvalue weighted by molar-refractivity contribution is 6.30. The zero-order chi connectivity index (χ0) is 14.9. The molecule has 0 radical (unpaired) electrons. The van der Waals surface area contributed by atoms with E-state index < -0.39 is 17.0 Å². The first-order valence-corrected chi connectivity index (χ1v) is 6.68. The molecular formula is C15H12Cl2F2O. The number of rotatable bonds is 3. The summed E-state index contributed by atoms with van der Waals surface area (Å²) in [5.74, 6) is -0.649. The van der Waals surface area contributed by atoms with Crippen molar-refractivity contribution in [2.75, 3.05) is 7.11 Å². The van der Waals surface area contributed by atoms with Crippen LogP contribution in [0.1, 0.15) is 22.1 Å². The maximum Gasteiger partial charge on any atom is 0.142 e. The van der Waals surface area contributed by atoms with Crippen molar-refractivity contribution >= 4 is 23.2 Å². The topological polar surface area (TPSA) is 9.23 Å². The van der Waals surface area contributed by atoms with E-state index in [1.807, 2.05) is 6.92 Å². The molecule has 0 aromatic heterocycles. The number of halogens is 4. The van der Waals surface area contributed by atoms with Gasteiger partial charge in [-0.25, -0.2) is 8.78 Å². The molecule has 1 unspecified atom stereocenters. The van der Waals surface area contributed by atoms with E-state index in [-0.39, 0.29) is 10.6 Å². The first kappa shape index (κ1) is 15.1. The van der Waals surface area contributed by atoms with Crippen LogP contribution in [0.25, 0.3) is 0 Å². The van der Waals surface area contributed by atoms with Gasteiger partial charge in [-0.1, -0.05) is 17.7 Å². The number of methoxy groups -OCH3 is 1. The standard InChI is InChI=1S/C15H12Cl2F2O/c1-8-5-9(20-2)3-4-10(8)15(17)11-6-14(19)12(16)7-13(11)18/h3-7,15H,1-2H3. The molecule has 20 heavy (non-hydrogen) atoms. The molecule has 0 fully saturated rings. The fourth-order valence-corrected chi connectivity index (χ4v) is 2.52. The lowest BCUT2D eigenvalue weighted by Gasteiger charge is -2.15. The highest BCUT2D eigenvalue weighted by atomic mass is 35.5. The Morgan fingerprint density at radius 2 is 1.75 bits per heavy atom. The van der Waals surface area contributed by atoms with E-state index in [1.165, 1.54) is 0 Å². The molecule has 0 spiro atoms. The van der Waals surface area contributed by atoms with Crippen LogP contribution in [0.4, 0.5) is 8.78 Å². The summed E-state index contributed by atoms with van der Waals surface area (Å²) in [6.45, 7) is 1.83. The molecule has 0 bridgehead atoms. The first-order valence-electron chi connectivity index (χ1n) is 5.87. The molecular weight excluding hydrogens is 305 g/mol. The number of hydrogen-bond acceptors (Lipinski definition) is 1. The Morgan fingerprint density at radius 1 is 1.05 bits per heavy atom. The van der Waals surface area contributed by atoms with Crippen LogP contribution < -0.4 is 4.74 Å². The van der Waals surface area contributed by atoms with Crippen molar-refractivity contribution in [1.29, 1.82) is 0 Å². The van der Waals surface area contributed by atoms with Gasteiger partial charge in [0.25, 0.3) is 0 Å². The van der Waals surface area contributed by atoms with Crippen LogP contribution in [-0.2, 0) is 0 Å². The molecule has 0 aliphatic rings. The van der Waals surface area contributed by atoms with Crippen molar-refractivity contribution in [3.63, 3.8) is 0 Å². The summed E-state index contributed by atoms with van der Waals surface area (Å²) in [7, 11) is 1.56. The Bertz CT molecular complexity index is 644. The molecule has 1 nitrogen and oxygen atoms in total. The molecule has 0 aliphatic heterocycles. The van der Waals surface area contributed by atoms with Gasteiger partial charge < -0.3 is 4.74 Å². The molecule has 0 saturated carbocycles. The van der Waals surface area contributed by atoms with Gasteiger partial charge in [0.15, 0.2) is 0 Å². The third-order valence-corrected chi connectivity index (χ3v) is 3.82. The van der Waals surface area contributed by atoms with Crippen molar-refractivity contribution in [3.8, 4) is 5.75 Å². The van der Waals surface area contributed by atoms with E-state index in [4.69, 9.17) is 27.9 Å². The zero-order valence-electron chi connectivity index (χ0n) is 10.9. The Labute approximate surface area is 126 Å². The van der Waals surface area contributed by atoms with Gasteiger partial charge in [-0.2, -0.15) is 0 Å². The average molecular weight is 317 g/mol. The number of benzene rings is 2. The number of ether oxygens (including phenoxy) is 1. The molecule has 0 saturated heterocycles. The first-order chi connectivity index (χ1) is 9.43. The molecule has 0 heterocycles. The second kappa shape index (κ2) is 5.98. The lowest BCUT2D eigenvalue weighted by Crippen LogP contribution is -2.01. The van der Waals surface area contributed by atoms with Crippen LogP contribution >= 0.6 is 23.2 Å². The Kier molecular flexibility index (Phi) is 4.51. The summed E-state index contributed by atoms with van der Waals surface area (Å²) >= 11 is 11.8. The van der Waals surface area contributed by atoms with E-state index in [1.54, 1.807) is 25.3 Å². The molecule has 2 aromatic carbocycles. The van der Waals surface area contributed by atoms with Crippen molar-refractivity contribution in [3.05, 3.63) is 63.7 Å². The minimum atomic E-state index is -0.798. The minimum absolute atomic E-state index is 0.0573. The Morgan fingerprint density at radius 3 is 2.35 bits per heavy atom. The fraction of sp³-hybridized carbons (Fsp3) is 0.200. The third kappa shape index (κ3) is 2.89. The van der Waals surface area contributed by atoms with Crippen LogP contribution in [0.15, 0.2) is 30.3 Å². The zero-order valence-corrected chi connectivity index (χ0v) is 12.4. The molecule has 0 N–H and O–H groups in total. The lowest BCUT2D eigenvalue weighted by atomic mass is 9.99. The van der Waals surface area contributed by atoms with Crippen molar-refractivity contribution in [2.24, 2.45) is 0 Å². The highest BCUT2D eigenvalue weighted by Gasteiger charge is 2.19. The van der Waals surface area contributed by atoms with Gasteiger partial charge in [0, 0.05) is 5.56 Å². The highest BCUT2D eigenvalue weighted by Crippen LogP contribution is 2.35. The molecule has 106 valence electrons. The van der Waals surface area contributed by atoms with Crippen LogP contribution in [-0.4, -0.2) is 7.11 Å². The van der Waals surface area contributed by atoms with Gasteiger partial charge in [0.2, 0.25) is 0 Å². The summed E-state index contributed by atoms with van der Waals surface area (Å²) in [6, 6.07) is 7.20. The van der Waals surface area contributed by atoms with Crippen LogP contribution in [0, 0.1) is 18.6 Å². The van der Waals surface area contributed by atoms with Gasteiger partial charge >= 0.3 is 0 Å². The van der Waals surface area contributed by atoms with E-state index in [0.29, 0.717) is 11.3 Å². The van der Waals surface area contributed by atoms with Gasteiger partial charge in [0.1, 0.15) is 17.4 Å². The SMILES string of the molecule is COc1ccc(C(Cl)c2cc(F)c(Cl)cc2F)c(C)c1. The monoisotopic (exact) mass is 316 g/mol. The van der Waals surface area contributed by atoms with Gasteiger partial charge in [0.05, 0.1) is 17.5 Å². The van der Waals surface area contributed by atoms with Crippen molar-refractivity contribution < 1.29 is 13.5 Å². The largest absolute Gasteiger partial charge is 0.497 e. The predicted molar refractivity (Wildman–Crippen MR) is 76.8 cm³/mol. The molecule has 5 heteroatoms. The summed E-state index contributed by atoms with van der Waals surface area (Å²) in [4.78, 5) is 0. The van der Waals surface area contributed by atoms with Gasteiger partial charge in [-0.15, -0.1) is 11.6 Å². The molecule has 1 atom stereocenters. The van der Waals surface area contributed by atoms with E-state index >= 15 is 0 Å². The van der Waals surface area contributed by atoms with Gasteiger partial charge in [-0.3, -0.25) is 0 Å². The maximum atomic E-state index is 13.9. The molecule has 2 rings (SSSR count). The third-order valence-electron chi connectivity index (χ3n) is 3.06. The van der Waals surface area contributed by atoms with E-state index in [9.17, 15) is 8.78 Å². The normalized spacial score (nSPS) is 12.3. The van der Waals surface area contributed by atoms with Crippen LogP contribution in [0.3, 0.4) is 0 Å². The van der Waals surface area contributed by atoms with Crippen molar-refractivity contribution in [1.82, 2.24) is 0 Å². The lowest BCUT2D eigenvalue weighted by molar-refractivity contribution is 0.414. The summed E-state index contributed by atoms with van der Waals surface area (Å²) in [5.41, 5.74) is 1.58. The van der Waals surface area contributed by atoms with E-state index in [2.05, 4.69) is 0 Å². The smallest absolute Gasteiger partial charge is 0.142 e. The Hall–Kier alpha value is -1.32. The number of alkyl halides is 1. The van der Waals surface area contributed by atoms with Crippen LogP contribution in [0.2, 0.25) is 5.02 Å². The van der Waals surface area contributed by atoms with Crippen LogP contribution in [0.5, 0.6) is 5.75 Å². The summed E-state index contributed by atoms with van der Waals surface area (Å²) in [6.07, 6.45) is 0. The average Bonchev–Trinajstić information content (AvgIpc) is 2.42. The van der Waals surface area contributed by atoms with Gasteiger partial charge in [-0.05, 0) is 42.3 Å².